The molecule has 0 N–H and O–H groups in total. The highest BCUT2D eigenvalue weighted by atomic mass is 15.0. The number of aryl methyl sites for hydroxylation is 1. The van der Waals surface area contributed by atoms with Crippen LogP contribution in [-0.2, 0) is 6.42 Å². The number of fused-ring (bicyclic) bond motifs is 6. The van der Waals surface area contributed by atoms with Crippen molar-refractivity contribution in [2.75, 3.05) is 0 Å². The van der Waals surface area contributed by atoms with E-state index >= 15 is 0 Å². The number of para-hydroxylation sites is 2. The SMILES string of the molecule is C1=C(c2c3ccccc3c(-c3ccc4c(c3)c3ccccc3n4-c3ccccc3)c3ccccc23)c2ccccc2CC1. The van der Waals surface area contributed by atoms with E-state index in [1.807, 2.05) is 0 Å². The van der Waals surface area contributed by atoms with Crippen LogP contribution in [0.1, 0.15) is 23.1 Å². The first kappa shape index (κ1) is 24.2. The summed E-state index contributed by atoms with van der Waals surface area (Å²) in [7, 11) is 0. The molecule has 0 radical (unpaired) electrons. The van der Waals surface area contributed by atoms with Gasteiger partial charge in [-0.15, -0.1) is 0 Å². The van der Waals surface area contributed by atoms with E-state index in [0.717, 1.165) is 12.8 Å². The molecule has 43 heavy (non-hydrogen) atoms. The monoisotopic (exact) mass is 547 g/mol. The van der Waals surface area contributed by atoms with Gasteiger partial charge in [0.2, 0.25) is 0 Å². The Morgan fingerprint density at radius 2 is 1.02 bits per heavy atom. The number of benzene rings is 7. The van der Waals surface area contributed by atoms with E-state index in [2.05, 4.69) is 156 Å². The zero-order valence-electron chi connectivity index (χ0n) is 23.8. The molecule has 1 heteroatoms. The Balaban J connectivity index is 1.36. The van der Waals surface area contributed by atoms with E-state index in [9.17, 15) is 0 Å². The highest BCUT2D eigenvalue weighted by Crippen LogP contribution is 2.46. The van der Waals surface area contributed by atoms with Crippen LogP contribution in [0.4, 0.5) is 0 Å². The van der Waals surface area contributed by atoms with Gasteiger partial charge in [-0.2, -0.15) is 0 Å². The second-order valence-electron chi connectivity index (χ2n) is 11.6. The third-order valence-electron chi connectivity index (χ3n) is 9.25. The predicted octanol–water partition coefficient (Wildman–Crippen LogP) is 11.1. The molecule has 0 saturated heterocycles. The molecule has 8 aromatic rings. The van der Waals surface area contributed by atoms with Crippen molar-refractivity contribution in [3.8, 4) is 16.8 Å². The summed E-state index contributed by atoms with van der Waals surface area (Å²) in [5, 5.41) is 7.77. The minimum absolute atomic E-state index is 1.07. The van der Waals surface area contributed by atoms with Crippen molar-refractivity contribution < 1.29 is 0 Å². The normalized spacial score (nSPS) is 13.1. The average molecular weight is 548 g/mol. The van der Waals surface area contributed by atoms with Crippen LogP contribution in [0.15, 0.2) is 152 Å². The van der Waals surface area contributed by atoms with Crippen molar-refractivity contribution in [1.29, 1.82) is 0 Å². The summed E-state index contributed by atoms with van der Waals surface area (Å²) in [4.78, 5) is 0. The van der Waals surface area contributed by atoms with Gasteiger partial charge in [0.1, 0.15) is 0 Å². The van der Waals surface area contributed by atoms with Gasteiger partial charge < -0.3 is 4.57 Å². The van der Waals surface area contributed by atoms with Gasteiger partial charge >= 0.3 is 0 Å². The van der Waals surface area contributed by atoms with Crippen molar-refractivity contribution in [2.24, 2.45) is 0 Å². The molecular weight excluding hydrogens is 518 g/mol. The number of hydrogen-bond donors (Lipinski definition) is 0. The lowest BCUT2D eigenvalue weighted by Gasteiger charge is -2.23. The molecule has 0 atom stereocenters. The lowest BCUT2D eigenvalue weighted by molar-refractivity contribution is 0.978. The molecule has 0 amide bonds. The molecule has 1 aromatic heterocycles. The Labute approximate surface area is 251 Å². The van der Waals surface area contributed by atoms with Gasteiger partial charge in [-0.1, -0.05) is 121 Å². The van der Waals surface area contributed by atoms with Crippen LogP contribution >= 0.6 is 0 Å². The number of rotatable bonds is 3. The van der Waals surface area contributed by atoms with Crippen molar-refractivity contribution in [2.45, 2.75) is 12.8 Å². The molecule has 7 aromatic carbocycles. The molecule has 0 spiro atoms. The molecule has 0 saturated carbocycles. The quantitative estimate of drug-likeness (QED) is 0.194. The molecule has 1 aliphatic carbocycles. The minimum atomic E-state index is 1.07. The van der Waals surface area contributed by atoms with Crippen molar-refractivity contribution in [1.82, 2.24) is 4.57 Å². The average Bonchev–Trinajstić information content (AvgIpc) is 3.41. The van der Waals surface area contributed by atoms with Gasteiger partial charge in [-0.3, -0.25) is 0 Å². The molecule has 0 fully saturated rings. The van der Waals surface area contributed by atoms with E-state index in [4.69, 9.17) is 0 Å². The topological polar surface area (TPSA) is 4.93 Å². The first-order valence-electron chi connectivity index (χ1n) is 15.2. The zero-order chi connectivity index (χ0) is 28.3. The van der Waals surface area contributed by atoms with Crippen LogP contribution in [-0.4, -0.2) is 4.57 Å². The highest BCUT2D eigenvalue weighted by Gasteiger charge is 2.22. The van der Waals surface area contributed by atoms with Gasteiger partial charge in [0.05, 0.1) is 11.0 Å². The summed E-state index contributed by atoms with van der Waals surface area (Å²) in [6.07, 6.45) is 4.63. The molecular formula is C42H29N. The van der Waals surface area contributed by atoms with Crippen LogP contribution in [0, 0.1) is 0 Å². The number of allylic oxidation sites excluding steroid dienone is 1. The number of nitrogens with zero attached hydrogens (tertiary/aromatic N) is 1. The minimum Gasteiger partial charge on any atom is -0.309 e. The summed E-state index contributed by atoms with van der Waals surface area (Å²) in [5.74, 6) is 0. The second kappa shape index (κ2) is 9.58. The Morgan fingerprint density at radius 1 is 0.442 bits per heavy atom. The third-order valence-corrected chi connectivity index (χ3v) is 9.25. The molecule has 1 aliphatic rings. The summed E-state index contributed by atoms with van der Waals surface area (Å²) in [5.41, 5.74) is 11.7. The summed E-state index contributed by atoms with van der Waals surface area (Å²) in [6, 6.07) is 53.5. The van der Waals surface area contributed by atoms with Crippen LogP contribution in [0.2, 0.25) is 0 Å². The molecule has 0 unspecified atom stereocenters. The van der Waals surface area contributed by atoms with Crippen LogP contribution in [0.3, 0.4) is 0 Å². The van der Waals surface area contributed by atoms with Crippen molar-refractivity contribution >= 4 is 48.9 Å². The van der Waals surface area contributed by atoms with Gasteiger partial charge in [0, 0.05) is 16.5 Å². The molecule has 0 bridgehead atoms. The molecule has 202 valence electrons. The fourth-order valence-electron chi connectivity index (χ4n) is 7.43. The first-order valence-corrected chi connectivity index (χ1v) is 15.2. The van der Waals surface area contributed by atoms with Gasteiger partial charge in [0.25, 0.3) is 0 Å². The maximum atomic E-state index is 2.46. The fraction of sp³-hybridized carbons (Fsp3) is 0.0476. The Bertz CT molecular complexity index is 2330. The molecule has 9 rings (SSSR count). The molecule has 1 heterocycles. The van der Waals surface area contributed by atoms with Crippen molar-refractivity contribution in [3.05, 3.63) is 168 Å². The fourth-order valence-corrected chi connectivity index (χ4v) is 7.43. The summed E-state index contributed by atoms with van der Waals surface area (Å²) < 4.78 is 2.39. The van der Waals surface area contributed by atoms with E-state index < -0.39 is 0 Å². The first-order chi connectivity index (χ1) is 21.4. The van der Waals surface area contributed by atoms with E-state index in [-0.39, 0.29) is 0 Å². The van der Waals surface area contributed by atoms with Crippen LogP contribution in [0.25, 0.3) is 65.7 Å². The van der Waals surface area contributed by atoms with Crippen LogP contribution < -0.4 is 0 Å². The molecule has 0 aliphatic heterocycles. The largest absolute Gasteiger partial charge is 0.309 e. The number of aromatic nitrogens is 1. The lowest BCUT2D eigenvalue weighted by Crippen LogP contribution is -2.02. The van der Waals surface area contributed by atoms with Gasteiger partial charge in [-0.05, 0) is 98.1 Å². The maximum Gasteiger partial charge on any atom is 0.0541 e. The smallest absolute Gasteiger partial charge is 0.0541 e. The van der Waals surface area contributed by atoms with Crippen molar-refractivity contribution in [3.63, 3.8) is 0 Å². The summed E-state index contributed by atoms with van der Waals surface area (Å²) in [6.45, 7) is 0. The number of hydrogen-bond acceptors (Lipinski definition) is 0. The zero-order valence-corrected chi connectivity index (χ0v) is 23.8. The maximum absolute atomic E-state index is 2.46. The molecule has 1 nitrogen and oxygen atoms in total. The highest BCUT2D eigenvalue weighted by molar-refractivity contribution is 6.21. The van der Waals surface area contributed by atoms with Gasteiger partial charge in [0.15, 0.2) is 0 Å². The third kappa shape index (κ3) is 3.65. The van der Waals surface area contributed by atoms with Gasteiger partial charge in [-0.25, -0.2) is 0 Å². The van der Waals surface area contributed by atoms with E-state index in [1.165, 1.54) is 82.4 Å². The Hall–Kier alpha value is -5.40. The van der Waals surface area contributed by atoms with Crippen LogP contribution in [0.5, 0.6) is 0 Å². The van der Waals surface area contributed by atoms with E-state index in [0.29, 0.717) is 0 Å². The standard InChI is InChI=1S/C42H29N/c1-2-15-30(16-3-1)43-39-24-11-10-18-32(39)38-27-29(25-26-40(38)43)41-34-19-6-8-21-36(34)42(37-22-9-7-20-35(37)41)33-23-12-14-28-13-4-5-17-31(28)33/h1-11,13,15-27H,12,14H2. The predicted molar refractivity (Wildman–Crippen MR) is 183 cm³/mol. The second-order valence-corrected chi connectivity index (χ2v) is 11.6. The Kier molecular flexibility index (Phi) is 5.39. The summed E-state index contributed by atoms with van der Waals surface area (Å²) >= 11 is 0. The van der Waals surface area contributed by atoms with E-state index in [1.54, 1.807) is 0 Å². The lowest BCUT2D eigenvalue weighted by atomic mass is 9.80. The Morgan fingerprint density at radius 3 is 1.77 bits per heavy atom.